The fourth-order valence-corrected chi connectivity index (χ4v) is 5.86. The first kappa shape index (κ1) is 28.3. The Hall–Kier alpha value is -2.71. The van der Waals surface area contributed by atoms with Gasteiger partial charge < -0.3 is 14.6 Å². The molecule has 7 nitrogen and oxygen atoms in total. The Labute approximate surface area is 234 Å². The molecule has 0 amide bonds. The van der Waals surface area contributed by atoms with Crippen molar-refractivity contribution in [2.75, 3.05) is 13.2 Å². The van der Waals surface area contributed by atoms with Gasteiger partial charge in [-0.1, -0.05) is 60.5 Å². The molecule has 0 aliphatic carbocycles. The van der Waals surface area contributed by atoms with E-state index in [1.807, 2.05) is 13.0 Å². The molecule has 38 heavy (non-hydrogen) atoms. The molecular formula is C27H25Cl2FN4O3S. The fourth-order valence-electron chi connectivity index (χ4n) is 3.97. The summed E-state index contributed by atoms with van der Waals surface area (Å²) in [6, 6.07) is 11.2. The number of allylic oxidation sites excluding steroid dienone is 2. The Balaban J connectivity index is 1.36. The van der Waals surface area contributed by atoms with E-state index in [0.717, 1.165) is 0 Å². The Morgan fingerprint density at radius 3 is 2.71 bits per heavy atom. The number of nitriles is 1. The lowest BCUT2D eigenvalue weighted by Gasteiger charge is -2.37. The summed E-state index contributed by atoms with van der Waals surface area (Å²) in [5, 5.41) is 25.4. The van der Waals surface area contributed by atoms with Gasteiger partial charge in [0.2, 0.25) is 0 Å². The zero-order valence-electron chi connectivity index (χ0n) is 20.4. The minimum Gasteiger partial charge on any atom is -0.382 e. The van der Waals surface area contributed by atoms with Gasteiger partial charge in [-0.3, -0.25) is 0 Å². The molecule has 1 aliphatic rings. The van der Waals surface area contributed by atoms with Gasteiger partial charge in [-0.15, -0.1) is 11.8 Å². The molecule has 1 N–H and O–H groups in total. The number of hydrogen-bond donors (Lipinski definition) is 1. The largest absolute Gasteiger partial charge is 0.382 e. The van der Waals surface area contributed by atoms with Crippen LogP contribution in [0.25, 0.3) is 6.08 Å². The molecule has 0 saturated carbocycles. The number of ether oxygens (including phenoxy) is 2. The van der Waals surface area contributed by atoms with Gasteiger partial charge in [-0.2, -0.15) is 10.4 Å². The molecule has 2 atom stereocenters. The highest BCUT2D eigenvalue weighted by atomic mass is 35.5. The van der Waals surface area contributed by atoms with E-state index in [4.69, 9.17) is 37.9 Å². The van der Waals surface area contributed by atoms with Crippen LogP contribution < -0.4 is 0 Å². The third kappa shape index (κ3) is 7.03. The topological polar surface area (TPSA) is 93.2 Å². The van der Waals surface area contributed by atoms with Crippen LogP contribution >= 0.6 is 35.0 Å². The van der Waals surface area contributed by atoms with E-state index < -0.39 is 17.7 Å². The Bertz CT molecular complexity index is 1340. The van der Waals surface area contributed by atoms with Crippen LogP contribution in [0.3, 0.4) is 0 Å². The SMILES string of the molecule is C[C@@H](S[C@H]1CO[C@H](C=CC=Cc2ccc(C#N)cc2F)OC1)[C@](O)(Cn1cncn1)c1ccc(Cl)cc1Cl. The first-order valence-electron chi connectivity index (χ1n) is 11.7. The molecule has 11 heteroatoms. The predicted molar refractivity (Wildman–Crippen MR) is 146 cm³/mol. The van der Waals surface area contributed by atoms with Crippen LogP contribution in [0, 0.1) is 17.1 Å². The first-order valence-corrected chi connectivity index (χ1v) is 13.4. The minimum atomic E-state index is -1.37. The molecule has 0 bridgehead atoms. The summed E-state index contributed by atoms with van der Waals surface area (Å²) in [5.74, 6) is -0.462. The maximum atomic E-state index is 14.0. The molecule has 3 aromatic rings. The lowest BCUT2D eigenvalue weighted by Crippen LogP contribution is -2.43. The molecule has 0 spiro atoms. The van der Waals surface area contributed by atoms with E-state index in [0.29, 0.717) is 34.4 Å². The second-order valence-electron chi connectivity index (χ2n) is 8.67. The number of halogens is 3. The third-order valence-corrected chi connectivity index (χ3v) is 8.02. The van der Waals surface area contributed by atoms with Crippen LogP contribution in [0.5, 0.6) is 0 Å². The zero-order chi connectivity index (χ0) is 27.1. The maximum absolute atomic E-state index is 14.0. The maximum Gasteiger partial charge on any atom is 0.177 e. The number of rotatable bonds is 9. The normalized spacial score (nSPS) is 20.4. The second-order valence-corrected chi connectivity index (χ2v) is 11.2. The van der Waals surface area contributed by atoms with Crippen molar-refractivity contribution < 1.29 is 19.0 Å². The summed E-state index contributed by atoms with van der Waals surface area (Å²) < 4.78 is 27.2. The average molecular weight is 575 g/mol. The van der Waals surface area contributed by atoms with Crippen LogP contribution in [0.1, 0.15) is 23.6 Å². The molecule has 1 aliphatic heterocycles. The number of benzene rings is 2. The summed E-state index contributed by atoms with van der Waals surface area (Å²) >= 11 is 14.1. The van der Waals surface area contributed by atoms with Crippen molar-refractivity contribution in [1.29, 1.82) is 5.26 Å². The number of aliphatic hydroxyl groups is 1. The monoisotopic (exact) mass is 574 g/mol. The van der Waals surface area contributed by atoms with Crippen LogP contribution in [0.4, 0.5) is 4.39 Å². The molecule has 4 rings (SSSR count). The van der Waals surface area contributed by atoms with Gasteiger partial charge in [0, 0.05) is 26.4 Å². The van der Waals surface area contributed by atoms with Crippen molar-refractivity contribution in [2.24, 2.45) is 0 Å². The third-order valence-electron chi connectivity index (χ3n) is 6.01. The molecule has 1 saturated heterocycles. The highest BCUT2D eigenvalue weighted by molar-refractivity contribution is 8.00. The van der Waals surface area contributed by atoms with E-state index in [-0.39, 0.29) is 22.6 Å². The van der Waals surface area contributed by atoms with E-state index in [2.05, 4.69) is 10.1 Å². The molecule has 0 radical (unpaired) electrons. The fraction of sp³-hybridized carbons (Fsp3) is 0.296. The Morgan fingerprint density at radius 2 is 2.05 bits per heavy atom. The van der Waals surface area contributed by atoms with Crippen LogP contribution in [0.15, 0.2) is 67.3 Å². The van der Waals surface area contributed by atoms with Crippen molar-refractivity contribution in [1.82, 2.24) is 14.8 Å². The van der Waals surface area contributed by atoms with Crippen LogP contribution in [-0.2, 0) is 21.6 Å². The Morgan fingerprint density at radius 1 is 1.26 bits per heavy atom. The number of aromatic nitrogens is 3. The van der Waals surface area contributed by atoms with Crippen LogP contribution in [0.2, 0.25) is 10.0 Å². The molecule has 1 aromatic heterocycles. The second kappa shape index (κ2) is 12.9. The van der Waals surface area contributed by atoms with Crippen LogP contribution in [-0.4, -0.2) is 49.9 Å². The van der Waals surface area contributed by atoms with Gasteiger partial charge in [0.05, 0.1) is 36.6 Å². The smallest absolute Gasteiger partial charge is 0.177 e. The summed E-state index contributed by atoms with van der Waals surface area (Å²) in [4.78, 5) is 3.98. The number of thioether (sulfide) groups is 1. The molecule has 2 aromatic carbocycles. The highest BCUT2D eigenvalue weighted by Gasteiger charge is 2.40. The van der Waals surface area contributed by atoms with Crippen molar-refractivity contribution in [3.63, 3.8) is 0 Å². The summed E-state index contributed by atoms with van der Waals surface area (Å²) in [6.07, 6.45) is 9.15. The first-order chi connectivity index (χ1) is 18.3. The lowest BCUT2D eigenvalue weighted by molar-refractivity contribution is -0.146. The van der Waals surface area contributed by atoms with Crippen molar-refractivity contribution in [3.8, 4) is 6.07 Å². The number of nitrogens with zero attached hydrogens (tertiary/aromatic N) is 4. The van der Waals surface area contributed by atoms with Gasteiger partial charge in [0.1, 0.15) is 24.1 Å². The molecule has 2 heterocycles. The van der Waals surface area contributed by atoms with Crippen molar-refractivity contribution in [2.45, 2.75) is 35.9 Å². The quantitative estimate of drug-likeness (QED) is 0.331. The minimum absolute atomic E-state index is 0.0358. The summed E-state index contributed by atoms with van der Waals surface area (Å²) in [6.45, 7) is 2.89. The van der Waals surface area contributed by atoms with Gasteiger partial charge >= 0.3 is 0 Å². The van der Waals surface area contributed by atoms with Gasteiger partial charge in [-0.25, -0.2) is 14.1 Å². The van der Waals surface area contributed by atoms with E-state index in [9.17, 15) is 9.50 Å². The van der Waals surface area contributed by atoms with E-state index in [1.54, 1.807) is 65.6 Å². The Kier molecular flexibility index (Phi) is 9.60. The van der Waals surface area contributed by atoms with Gasteiger partial charge in [0.15, 0.2) is 6.29 Å². The molecule has 0 unspecified atom stereocenters. The highest BCUT2D eigenvalue weighted by Crippen LogP contribution is 2.40. The number of hydrogen-bond acceptors (Lipinski definition) is 7. The lowest BCUT2D eigenvalue weighted by atomic mass is 9.90. The summed E-state index contributed by atoms with van der Waals surface area (Å²) in [7, 11) is 0. The molecule has 198 valence electrons. The molecular weight excluding hydrogens is 550 g/mol. The van der Waals surface area contributed by atoms with Gasteiger partial charge in [0.25, 0.3) is 0 Å². The zero-order valence-corrected chi connectivity index (χ0v) is 22.7. The van der Waals surface area contributed by atoms with Gasteiger partial charge in [-0.05, 0) is 30.3 Å². The molecule has 1 fully saturated rings. The van der Waals surface area contributed by atoms with E-state index in [1.165, 1.54) is 24.2 Å². The summed E-state index contributed by atoms with van der Waals surface area (Å²) in [5.41, 5.74) is -0.178. The van der Waals surface area contributed by atoms with E-state index >= 15 is 0 Å². The predicted octanol–water partition coefficient (Wildman–Crippen LogP) is 5.62. The van der Waals surface area contributed by atoms with Crippen molar-refractivity contribution >= 4 is 41.0 Å². The standard InChI is InChI=1S/C27H25Cl2FN4O3S/c1-18(27(35,15-34-17-32-16-33-34)23-9-8-21(28)11-24(23)29)38-22-13-36-26(37-14-22)5-3-2-4-20-7-6-19(12-31)10-25(20)30/h2-11,16-18,22,26,35H,13-15H2,1H3/t18-,22-,26-,27-/m1/s1. The van der Waals surface area contributed by atoms with Crippen molar-refractivity contribution in [3.05, 3.63) is 99.8 Å². The average Bonchev–Trinajstić information content (AvgIpc) is 3.40.